The molecule has 1 saturated heterocycles. The highest BCUT2D eigenvalue weighted by atomic mass is 32.2. The van der Waals surface area contributed by atoms with Crippen LogP contribution in [0.3, 0.4) is 0 Å². The maximum Gasteiger partial charge on any atom is 0.301 e. The minimum Gasteiger partial charge on any atom is -0.365 e. The van der Waals surface area contributed by atoms with E-state index < -0.39 is 38.9 Å². The molecule has 2 atom stereocenters. The number of H-pyrrole nitrogens is 1. The predicted molar refractivity (Wildman–Crippen MR) is 156 cm³/mol. The largest absolute Gasteiger partial charge is 0.365 e. The number of anilines is 2. The SMILES string of the molecule is CCN(C)S(=O)(=O)Nc1ccc(F)c(C(=O)c2c[nH]c3c2C=C(C2=CN(C)C(N4CCNCC4)C=C2)C(C)N3)c1F. The number of carbonyl (C=O) groups is 1. The summed E-state index contributed by atoms with van der Waals surface area (Å²) in [5, 5.41) is 6.71. The number of piperazine rings is 1. The van der Waals surface area contributed by atoms with Crippen LogP contribution < -0.4 is 15.4 Å². The summed E-state index contributed by atoms with van der Waals surface area (Å²) in [4.78, 5) is 21.1. The molecule has 2 aromatic rings. The molecule has 0 saturated carbocycles. The zero-order valence-corrected chi connectivity index (χ0v) is 24.3. The van der Waals surface area contributed by atoms with Gasteiger partial charge in [0.25, 0.3) is 0 Å². The number of nitrogens with zero attached hydrogens (tertiary/aromatic N) is 3. The zero-order valence-electron chi connectivity index (χ0n) is 23.5. The molecule has 0 amide bonds. The number of aromatic amines is 1. The first kappa shape index (κ1) is 29.0. The smallest absolute Gasteiger partial charge is 0.301 e. The van der Waals surface area contributed by atoms with E-state index in [1.54, 1.807) is 6.92 Å². The maximum atomic E-state index is 15.5. The van der Waals surface area contributed by atoms with Gasteiger partial charge in [-0.05, 0) is 42.4 Å². The van der Waals surface area contributed by atoms with E-state index in [0.717, 1.165) is 53.8 Å². The lowest BCUT2D eigenvalue weighted by atomic mass is 9.90. The van der Waals surface area contributed by atoms with Crippen LogP contribution in [0.5, 0.6) is 0 Å². The van der Waals surface area contributed by atoms with Crippen LogP contribution in [-0.2, 0) is 10.2 Å². The first-order chi connectivity index (χ1) is 19.5. The molecule has 2 unspecified atom stereocenters. The van der Waals surface area contributed by atoms with Gasteiger partial charge < -0.3 is 20.5 Å². The third kappa shape index (κ3) is 5.54. The van der Waals surface area contributed by atoms with Crippen LogP contribution in [0, 0.1) is 11.6 Å². The number of hydrogen-bond donors (Lipinski definition) is 4. The van der Waals surface area contributed by atoms with Crippen LogP contribution in [0.15, 0.2) is 47.8 Å². The van der Waals surface area contributed by atoms with E-state index in [1.807, 2.05) is 20.0 Å². The first-order valence-electron chi connectivity index (χ1n) is 13.5. The lowest BCUT2D eigenvalue weighted by molar-refractivity contribution is 0.103. The summed E-state index contributed by atoms with van der Waals surface area (Å²) in [5.41, 5.74) is 1.06. The Kier molecular flexibility index (Phi) is 8.06. The van der Waals surface area contributed by atoms with Gasteiger partial charge >= 0.3 is 10.2 Å². The van der Waals surface area contributed by atoms with Crippen molar-refractivity contribution in [2.45, 2.75) is 26.1 Å². The highest BCUT2D eigenvalue weighted by Crippen LogP contribution is 2.36. The Morgan fingerprint density at radius 3 is 2.63 bits per heavy atom. The van der Waals surface area contributed by atoms with Crippen LogP contribution in [0.1, 0.15) is 35.3 Å². The maximum absolute atomic E-state index is 15.5. The molecular weight excluding hydrogens is 552 g/mol. The van der Waals surface area contributed by atoms with E-state index in [2.05, 4.69) is 48.5 Å². The van der Waals surface area contributed by atoms with Crippen molar-refractivity contribution in [1.82, 2.24) is 24.4 Å². The van der Waals surface area contributed by atoms with Gasteiger partial charge in [-0.1, -0.05) is 13.0 Å². The molecule has 0 aliphatic carbocycles. The van der Waals surface area contributed by atoms with Crippen molar-refractivity contribution in [2.75, 3.05) is 56.9 Å². The fraction of sp³-hybridized carbons (Fsp3) is 0.393. The van der Waals surface area contributed by atoms with Crippen LogP contribution in [-0.4, -0.2) is 92.3 Å². The number of carbonyl (C=O) groups excluding carboxylic acids is 1. The van der Waals surface area contributed by atoms with Crippen molar-refractivity contribution in [1.29, 1.82) is 0 Å². The molecule has 1 aromatic carbocycles. The number of fused-ring (bicyclic) bond motifs is 1. The molecule has 13 heteroatoms. The minimum atomic E-state index is -4.09. The van der Waals surface area contributed by atoms with Crippen LogP contribution in [0.4, 0.5) is 20.3 Å². The van der Waals surface area contributed by atoms with Gasteiger partial charge in [-0.3, -0.25) is 14.4 Å². The molecule has 0 spiro atoms. The van der Waals surface area contributed by atoms with Gasteiger partial charge in [0.2, 0.25) is 5.78 Å². The molecule has 0 radical (unpaired) electrons. The monoisotopic (exact) mass is 587 g/mol. The van der Waals surface area contributed by atoms with Crippen LogP contribution in [0.2, 0.25) is 0 Å². The molecular formula is C28H35F2N7O3S. The molecule has 5 rings (SSSR count). The van der Waals surface area contributed by atoms with Gasteiger partial charge in [0, 0.05) is 70.3 Å². The second kappa shape index (κ2) is 11.4. The van der Waals surface area contributed by atoms with Crippen LogP contribution in [0.25, 0.3) is 6.08 Å². The van der Waals surface area contributed by atoms with Crippen molar-refractivity contribution in [3.8, 4) is 0 Å². The van der Waals surface area contributed by atoms with E-state index in [4.69, 9.17) is 0 Å². The fourth-order valence-electron chi connectivity index (χ4n) is 5.32. The number of likely N-dealkylation sites (N-methyl/N-ethyl adjacent to an activating group) is 1. The number of rotatable bonds is 8. The Bertz CT molecular complexity index is 1540. The number of halogens is 2. The second-order valence-electron chi connectivity index (χ2n) is 10.4. The van der Waals surface area contributed by atoms with Crippen molar-refractivity contribution in [2.24, 2.45) is 0 Å². The Labute approximate surface area is 238 Å². The summed E-state index contributed by atoms with van der Waals surface area (Å²) < 4.78 is 58.4. The van der Waals surface area contributed by atoms with E-state index >= 15 is 4.39 Å². The predicted octanol–water partition coefficient (Wildman–Crippen LogP) is 2.95. The van der Waals surface area contributed by atoms with Gasteiger partial charge in [-0.15, -0.1) is 0 Å². The summed E-state index contributed by atoms with van der Waals surface area (Å²) in [6.45, 7) is 7.54. The number of benzene rings is 1. The van der Waals surface area contributed by atoms with Gasteiger partial charge in [0.1, 0.15) is 17.8 Å². The molecule has 10 nitrogen and oxygen atoms in total. The lowest BCUT2D eigenvalue weighted by Crippen LogP contribution is -2.52. The average molecular weight is 588 g/mol. The quantitative estimate of drug-likeness (QED) is 0.352. The van der Waals surface area contributed by atoms with E-state index in [9.17, 15) is 17.6 Å². The number of hydrogen-bond acceptors (Lipinski definition) is 7. The Morgan fingerprint density at radius 1 is 1.22 bits per heavy atom. The van der Waals surface area contributed by atoms with Crippen molar-refractivity contribution < 1.29 is 22.0 Å². The van der Waals surface area contributed by atoms with Gasteiger partial charge in [-0.2, -0.15) is 12.7 Å². The number of aromatic nitrogens is 1. The third-order valence-corrected chi connectivity index (χ3v) is 9.33. The summed E-state index contributed by atoms with van der Waals surface area (Å²) in [6, 6.07) is 1.73. The summed E-state index contributed by atoms with van der Waals surface area (Å²) in [6.07, 6.45) is 9.69. The Morgan fingerprint density at radius 2 is 1.95 bits per heavy atom. The van der Waals surface area contributed by atoms with E-state index in [-0.39, 0.29) is 24.3 Å². The van der Waals surface area contributed by atoms with Gasteiger partial charge in [0.05, 0.1) is 17.3 Å². The molecule has 3 aliphatic heterocycles. The summed E-state index contributed by atoms with van der Waals surface area (Å²) in [5.74, 6) is -2.72. The summed E-state index contributed by atoms with van der Waals surface area (Å²) in [7, 11) is -0.743. The highest BCUT2D eigenvalue weighted by molar-refractivity contribution is 7.90. The summed E-state index contributed by atoms with van der Waals surface area (Å²) >= 11 is 0. The zero-order chi connectivity index (χ0) is 29.5. The molecule has 41 heavy (non-hydrogen) atoms. The van der Waals surface area contributed by atoms with E-state index in [0.29, 0.717) is 11.4 Å². The van der Waals surface area contributed by atoms with Gasteiger partial charge in [-0.25, -0.2) is 8.78 Å². The third-order valence-electron chi connectivity index (χ3n) is 7.77. The number of ketones is 1. The number of allylic oxidation sites excluding steroid dienone is 1. The molecule has 1 fully saturated rings. The Hall–Kier alpha value is -3.52. The topological polar surface area (TPSA) is 113 Å². The number of nitrogens with one attached hydrogen (secondary N) is 4. The standard InChI is InChI=1S/C28H35F2N7O3S/c1-5-36(4)41(39,40)34-23-8-7-22(29)25(26(23)30)27(38)21-15-32-28-20(21)14-19(17(2)33-28)18-6-9-24(35(3)16-18)37-12-10-31-11-13-37/h6-9,14-17,24,31-34H,5,10-13H2,1-4H3. The average Bonchev–Trinajstić information content (AvgIpc) is 3.36. The first-order valence-corrected chi connectivity index (χ1v) is 15.0. The molecule has 1 aromatic heterocycles. The minimum absolute atomic E-state index is 0.0628. The normalized spacial score (nSPS) is 21.3. The molecule has 4 heterocycles. The molecule has 4 N–H and O–H groups in total. The second-order valence-corrected chi connectivity index (χ2v) is 12.2. The van der Waals surface area contributed by atoms with Crippen molar-refractivity contribution in [3.63, 3.8) is 0 Å². The Balaban J connectivity index is 1.46. The molecule has 220 valence electrons. The molecule has 3 aliphatic rings. The fourth-order valence-corrected chi connectivity index (χ4v) is 6.25. The van der Waals surface area contributed by atoms with Crippen LogP contribution >= 0.6 is 0 Å². The molecule has 0 bridgehead atoms. The van der Waals surface area contributed by atoms with Crippen molar-refractivity contribution in [3.05, 3.63) is 76.2 Å². The van der Waals surface area contributed by atoms with Gasteiger partial charge in [0.15, 0.2) is 5.82 Å². The lowest BCUT2D eigenvalue weighted by Gasteiger charge is -2.40. The highest BCUT2D eigenvalue weighted by Gasteiger charge is 2.31. The van der Waals surface area contributed by atoms with Crippen molar-refractivity contribution >= 4 is 33.6 Å². The van der Waals surface area contributed by atoms with E-state index in [1.165, 1.54) is 13.2 Å².